The van der Waals surface area contributed by atoms with Gasteiger partial charge in [0, 0.05) is 26.1 Å². The number of nitrogens with one attached hydrogen (secondary N) is 1. The van der Waals surface area contributed by atoms with Crippen LogP contribution >= 0.6 is 0 Å². The Kier molecular flexibility index (Phi) is 4.71. The van der Waals surface area contributed by atoms with E-state index in [1.807, 2.05) is 30.3 Å². The molecule has 0 radical (unpaired) electrons. The SMILES string of the molecule is O=C(CN1CCc2ccccc2C1)Nc1ccccc1N1CCCC1=O. The summed E-state index contributed by atoms with van der Waals surface area (Å²) in [7, 11) is 0. The fourth-order valence-electron chi connectivity index (χ4n) is 3.80. The monoisotopic (exact) mass is 349 g/mol. The molecule has 2 aliphatic rings. The molecule has 0 aliphatic carbocycles. The van der Waals surface area contributed by atoms with Crippen molar-refractivity contribution >= 4 is 23.2 Å². The Bertz CT molecular complexity index is 834. The van der Waals surface area contributed by atoms with Crippen molar-refractivity contribution in [3.8, 4) is 0 Å². The third-order valence-corrected chi connectivity index (χ3v) is 5.12. The largest absolute Gasteiger partial charge is 0.323 e. The summed E-state index contributed by atoms with van der Waals surface area (Å²) in [6.45, 7) is 2.76. The van der Waals surface area contributed by atoms with Crippen LogP contribution in [0.3, 0.4) is 0 Å². The molecule has 2 aliphatic heterocycles. The van der Waals surface area contributed by atoms with E-state index in [1.54, 1.807) is 4.90 Å². The van der Waals surface area contributed by atoms with Crippen molar-refractivity contribution in [2.75, 3.05) is 29.9 Å². The van der Waals surface area contributed by atoms with Gasteiger partial charge in [-0.15, -0.1) is 0 Å². The lowest BCUT2D eigenvalue weighted by atomic mass is 10.00. The van der Waals surface area contributed by atoms with Crippen LogP contribution in [-0.4, -0.2) is 36.3 Å². The molecular formula is C21H23N3O2. The Balaban J connectivity index is 1.42. The zero-order valence-corrected chi connectivity index (χ0v) is 14.8. The number of nitrogens with zero attached hydrogens (tertiary/aromatic N) is 2. The molecule has 5 nitrogen and oxygen atoms in total. The highest BCUT2D eigenvalue weighted by atomic mass is 16.2. The average Bonchev–Trinajstić information content (AvgIpc) is 3.08. The van der Waals surface area contributed by atoms with Gasteiger partial charge in [0.1, 0.15) is 0 Å². The third kappa shape index (κ3) is 3.48. The fraction of sp³-hybridized carbons (Fsp3) is 0.333. The van der Waals surface area contributed by atoms with Gasteiger partial charge >= 0.3 is 0 Å². The second-order valence-corrected chi connectivity index (χ2v) is 6.94. The Labute approximate surface area is 153 Å². The number of hydrogen-bond donors (Lipinski definition) is 1. The van der Waals surface area contributed by atoms with Gasteiger partial charge in [0.15, 0.2) is 0 Å². The van der Waals surface area contributed by atoms with Gasteiger partial charge in [-0.25, -0.2) is 0 Å². The molecule has 5 heteroatoms. The normalized spacial score (nSPS) is 17.2. The molecule has 0 atom stereocenters. The van der Waals surface area contributed by atoms with Crippen molar-refractivity contribution in [2.24, 2.45) is 0 Å². The van der Waals surface area contributed by atoms with Crippen LogP contribution in [0.15, 0.2) is 48.5 Å². The molecule has 1 saturated heterocycles. The third-order valence-electron chi connectivity index (χ3n) is 5.12. The van der Waals surface area contributed by atoms with Gasteiger partial charge in [-0.2, -0.15) is 0 Å². The van der Waals surface area contributed by atoms with Crippen LogP contribution in [0.4, 0.5) is 11.4 Å². The predicted octanol–water partition coefficient (Wildman–Crippen LogP) is 2.81. The van der Waals surface area contributed by atoms with E-state index in [-0.39, 0.29) is 11.8 Å². The van der Waals surface area contributed by atoms with E-state index in [1.165, 1.54) is 11.1 Å². The molecule has 0 unspecified atom stereocenters. The van der Waals surface area contributed by atoms with Crippen molar-refractivity contribution < 1.29 is 9.59 Å². The lowest BCUT2D eigenvalue weighted by molar-refractivity contribution is -0.118. The highest BCUT2D eigenvalue weighted by Gasteiger charge is 2.24. The van der Waals surface area contributed by atoms with E-state index < -0.39 is 0 Å². The second kappa shape index (κ2) is 7.30. The topological polar surface area (TPSA) is 52.7 Å². The van der Waals surface area contributed by atoms with Gasteiger partial charge in [-0.1, -0.05) is 36.4 Å². The first-order valence-corrected chi connectivity index (χ1v) is 9.19. The van der Waals surface area contributed by atoms with Crippen molar-refractivity contribution in [2.45, 2.75) is 25.8 Å². The summed E-state index contributed by atoms with van der Waals surface area (Å²) in [5.74, 6) is 0.0859. The van der Waals surface area contributed by atoms with Crippen LogP contribution < -0.4 is 10.2 Å². The van der Waals surface area contributed by atoms with Crippen LogP contribution in [0, 0.1) is 0 Å². The number of carbonyl (C=O) groups is 2. The number of anilines is 2. The number of carbonyl (C=O) groups excluding carboxylic acids is 2. The highest BCUT2D eigenvalue weighted by molar-refractivity contribution is 6.02. The van der Waals surface area contributed by atoms with Crippen LogP contribution in [0.1, 0.15) is 24.0 Å². The van der Waals surface area contributed by atoms with E-state index in [4.69, 9.17) is 0 Å². The summed E-state index contributed by atoms with van der Waals surface area (Å²) in [6, 6.07) is 16.0. The number of rotatable bonds is 4. The molecule has 4 rings (SSSR count). The zero-order valence-electron chi connectivity index (χ0n) is 14.8. The Morgan fingerprint density at radius 1 is 0.962 bits per heavy atom. The van der Waals surface area contributed by atoms with E-state index in [2.05, 4.69) is 28.4 Å². The lowest BCUT2D eigenvalue weighted by Gasteiger charge is -2.28. The quantitative estimate of drug-likeness (QED) is 0.923. The predicted molar refractivity (Wildman–Crippen MR) is 102 cm³/mol. The number of para-hydroxylation sites is 2. The Hall–Kier alpha value is -2.66. The summed E-state index contributed by atoms with van der Waals surface area (Å²) in [5.41, 5.74) is 4.19. The molecule has 134 valence electrons. The van der Waals surface area contributed by atoms with Gasteiger partial charge in [0.25, 0.3) is 0 Å². The summed E-state index contributed by atoms with van der Waals surface area (Å²) in [6.07, 6.45) is 2.42. The minimum absolute atomic E-state index is 0.0384. The first-order chi connectivity index (χ1) is 12.7. The van der Waals surface area contributed by atoms with E-state index >= 15 is 0 Å². The molecule has 0 spiro atoms. The summed E-state index contributed by atoms with van der Waals surface area (Å²) in [5, 5.41) is 3.00. The van der Waals surface area contributed by atoms with Crippen molar-refractivity contribution in [3.05, 3.63) is 59.7 Å². The summed E-state index contributed by atoms with van der Waals surface area (Å²) < 4.78 is 0. The highest BCUT2D eigenvalue weighted by Crippen LogP contribution is 2.29. The van der Waals surface area contributed by atoms with E-state index in [9.17, 15) is 9.59 Å². The van der Waals surface area contributed by atoms with E-state index in [0.717, 1.165) is 31.6 Å². The maximum Gasteiger partial charge on any atom is 0.238 e. The number of fused-ring (bicyclic) bond motifs is 1. The summed E-state index contributed by atoms with van der Waals surface area (Å²) >= 11 is 0. The first kappa shape index (κ1) is 16.8. The molecule has 1 fully saturated rings. The number of amides is 2. The van der Waals surface area contributed by atoms with Gasteiger partial charge in [0.05, 0.1) is 17.9 Å². The Morgan fingerprint density at radius 2 is 1.73 bits per heavy atom. The van der Waals surface area contributed by atoms with Crippen LogP contribution in [-0.2, 0) is 22.6 Å². The summed E-state index contributed by atoms with van der Waals surface area (Å²) in [4.78, 5) is 28.6. The number of hydrogen-bond acceptors (Lipinski definition) is 3. The van der Waals surface area contributed by atoms with Crippen molar-refractivity contribution in [1.29, 1.82) is 0 Å². The van der Waals surface area contributed by atoms with Crippen LogP contribution in [0.25, 0.3) is 0 Å². The van der Waals surface area contributed by atoms with Crippen molar-refractivity contribution in [3.63, 3.8) is 0 Å². The molecule has 0 aromatic heterocycles. The standard InChI is InChI=1S/C21H23N3O2/c25-20(15-23-13-11-16-6-1-2-7-17(16)14-23)22-18-8-3-4-9-19(18)24-12-5-10-21(24)26/h1-4,6-9H,5,10-15H2,(H,22,25). The maximum absolute atomic E-state index is 12.6. The van der Waals surface area contributed by atoms with E-state index in [0.29, 0.717) is 25.2 Å². The minimum atomic E-state index is -0.0384. The van der Waals surface area contributed by atoms with Crippen LogP contribution in [0.2, 0.25) is 0 Å². The zero-order chi connectivity index (χ0) is 17.9. The first-order valence-electron chi connectivity index (χ1n) is 9.19. The fourth-order valence-corrected chi connectivity index (χ4v) is 3.80. The number of benzene rings is 2. The van der Waals surface area contributed by atoms with Crippen molar-refractivity contribution in [1.82, 2.24) is 4.90 Å². The molecule has 2 heterocycles. The molecule has 26 heavy (non-hydrogen) atoms. The minimum Gasteiger partial charge on any atom is -0.323 e. The Morgan fingerprint density at radius 3 is 2.54 bits per heavy atom. The van der Waals surface area contributed by atoms with Gasteiger partial charge in [0.2, 0.25) is 11.8 Å². The smallest absolute Gasteiger partial charge is 0.238 e. The maximum atomic E-state index is 12.6. The van der Waals surface area contributed by atoms with Gasteiger partial charge < -0.3 is 10.2 Å². The molecule has 1 N–H and O–H groups in total. The lowest BCUT2D eigenvalue weighted by Crippen LogP contribution is -2.37. The molecule has 2 amide bonds. The molecule has 2 aromatic rings. The van der Waals surface area contributed by atoms with Gasteiger partial charge in [-0.05, 0) is 36.1 Å². The van der Waals surface area contributed by atoms with Crippen LogP contribution in [0.5, 0.6) is 0 Å². The molecule has 2 aromatic carbocycles. The second-order valence-electron chi connectivity index (χ2n) is 6.94. The van der Waals surface area contributed by atoms with Gasteiger partial charge in [-0.3, -0.25) is 14.5 Å². The molecule has 0 saturated carbocycles. The average molecular weight is 349 g/mol. The molecule has 0 bridgehead atoms. The molecular weight excluding hydrogens is 326 g/mol.